The van der Waals surface area contributed by atoms with E-state index in [0.29, 0.717) is 18.5 Å². The Hall–Kier alpha value is -0.370. The number of Topliss-reactive ketones (excluding diaryl/α,β-unsaturated/α-hetero) is 1. The predicted octanol–water partition coefficient (Wildman–Crippen LogP) is 2.81. The van der Waals surface area contributed by atoms with Crippen molar-refractivity contribution in [3.05, 3.63) is 0 Å². The zero-order valence-corrected chi connectivity index (χ0v) is 10.2. The first-order valence-electron chi connectivity index (χ1n) is 6.86. The number of hydrogen-bond donors (Lipinski definition) is 0. The predicted molar refractivity (Wildman–Crippen MR) is 62.1 cm³/mol. The molecule has 0 aromatic carbocycles. The van der Waals surface area contributed by atoms with Gasteiger partial charge in [0.25, 0.3) is 0 Å². The van der Waals surface area contributed by atoms with Gasteiger partial charge in [0.15, 0.2) is 0 Å². The maximum Gasteiger partial charge on any atom is 0.138 e. The van der Waals surface area contributed by atoms with Crippen LogP contribution >= 0.6 is 0 Å². The second-order valence-electron chi connectivity index (χ2n) is 6.18. The first-order chi connectivity index (χ1) is 7.72. The highest BCUT2D eigenvalue weighted by Gasteiger charge is 2.41. The highest BCUT2D eigenvalue weighted by molar-refractivity contribution is 5.81. The zero-order chi connectivity index (χ0) is 11.1. The monoisotopic (exact) mass is 222 g/mol. The number of ether oxygens (including phenoxy) is 1. The molecule has 1 heterocycles. The summed E-state index contributed by atoms with van der Waals surface area (Å²) in [5, 5.41) is 0. The van der Waals surface area contributed by atoms with Crippen molar-refractivity contribution in [3.8, 4) is 0 Å². The van der Waals surface area contributed by atoms with E-state index in [1.165, 1.54) is 25.7 Å². The van der Waals surface area contributed by atoms with Gasteiger partial charge in [-0.05, 0) is 50.4 Å². The Balaban J connectivity index is 1.53. The standard InChI is InChI=1S/C14H22O2/c1-9-4-13(8-16-9)14(15)7-12-6-10-2-3-11(12)5-10/h9-13H,2-8H2,1H3. The highest BCUT2D eigenvalue weighted by Crippen LogP contribution is 2.49. The van der Waals surface area contributed by atoms with Gasteiger partial charge in [-0.1, -0.05) is 6.42 Å². The SMILES string of the molecule is CC1CC(C(=O)CC2CC3CCC2C3)CO1. The van der Waals surface area contributed by atoms with Gasteiger partial charge in [0.2, 0.25) is 0 Å². The van der Waals surface area contributed by atoms with Crippen LogP contribution in [0.3, 0.4) is 0 Å². The molecule has 0 spiro atoms. The molecule has 2 nitrogen and oxygen atoms in total. The van der Waals surface area contributed by atoms with E-state index >= 15 is 0 Å². The third-order valence-corrected chi connectivity index (χ3v) is 5.00. The van der Waals surface area contributed by atoms with Gasteiger partial charge in [0.1, 0.15) is 5.78 Å². The lowest BCUT2D eigenvalue weighted by Gasteiger charge is -2.21. The highest BCUT2D eigenvalue weighted by atomic mass is 16.5. The van der Waals surface area contributed by atoms with Crippen molar-refractivity contribution in [1.29, 1.82) is 0 Å². The maximum atomic E-state index is 12.1. The summed E-state index contributed by atoms with van der Waals surface area (Å²) in [6.45, 7) is 2.76. The summed E-state index contributed by atoms with van der Waals surface area (Å²) in [5.74, 6) is 3.27. The van der Waals surface area contributed by atoms with Crippen molar-refractivity contribution in [2.75, 3.05) is 6.61 Å². The van der Waals surface area contributed by atoms with Crippen molar-refractivity contribution in [1.82, 2.24) is 0 Å². The second kappa shape index (κ2) is 4.14. The van der Waals surface area contributed by atoms with Crippen LogP contribution in [0.2, 0.25) is 0 Å². The molecule has 1 saturated heterocycles. The molecule has 0 aromatic heterocycles. The molecule has 2 heteroatoms. The molecule has 1 aliphatic heterocycles. The van der Waals surface area contributed by atoms with Crippen molar-refractivity contribution >= 4 is 5.78 Å². The maximum absolute atomic E-state index is 12.1. The van der Waals surface area contributed by atoms with Gasteiger partial charge in [-0.15, -0.1) is 0 Å². The lowest BCUT2D eigenvalue weighted by atomic mass is 9.82. The van der Waals surface area contributed by atoms with E-state index < -0.39 is 0 Å². The Morgan fingerprint density at radius 3 is 2.69 bits per heavy atom. The minimum absolute atomic E-state index is 0.217. The van der Waals surface area contributed by atoms with Crippen LogP contribution in [0.4, 0.5) is 0 Å². The fourth-order valence-corrected chi connectivity index (χ4v) is 4.09. The summed E-state index contributed by atoms with van der Waals surface area (Å²) < 4.78 is 5.49. The summed E-state index contributed by atoms with van der Waals surface area (Å²) in [6, 6.07) is 0. The van der Waals surface area contributed by atoms with Crippen LogP contribution in [-0.2, 0) is 9.53 Å². The number of carbonyl (C=O) groups is 1. The van der Waals surface area contributed by atoms with E-state index in [1.54, 1.807) is 0 Å². The Morgan fingerprint density at radius 2 is 2.12 bits per heavy atom. The van der Waals surface area contributed by atoms with E-state index in [1.807, 2.05) is 0 Å². The average Bonchev–Trinajstić information content (AvgIpc) is 2.92. The summed E-state index contributed by atoms with van der Waals surface area (Å²) in [7, 11) is 0. The van der Waals surface area contributed by atoms with Gasteiger partial charge in [-0.2, -0.15) is 0 Å². The Bertz CT molecular complexity index is 286. The molecule has 3 fully saturated rings. The number of rotatable bonds is 3. The summed E-state index contributed by atoms with van der Waals surface area (Å²) >= 11 is 0. The van der Waals surface area contributed by atoms with Crippen molar-refractivity contribution in [2.24, 2.45) is 23.7 Å². The van der Waals surface area contributed by atoms with Gasteiger partial charge in [0.05, 0.1) is 12.7 Å². The first kappa shape index (κ1) is 10.8. The molecular formula is C14H22O2. The zero-order valence-electron chi connectivity index (χ0n) is 10.2. The molecule has 90 valence electrons. The van der Waals surface area contributed by atoms with Crippen LogP contribution in [0.25, 0.3) is 0 Å². The molecule has 2 bridgehead atoms. The number of hydrogen-bond acceptors (Lipinski definition) is 2. The third kappa shape index (κ3) is 1.92. The molecular weight excluding hydrogens is 200 g/mol. The molecule has 0 aromatic rings. The quantitative estimate of drug-likeness (QED) is 0.734. The minimum Gasteiger partial charge on any atom is -0.378 e. The largest absolute Gasteiger partial charge is 0.378 e. The molecule has 5 unspecified atom stereocenters. The summed E-state index contributed by atoms with van der Waals surface area (Å²) in [4.78, 5) is 12.1. The van der Waals surface area contributed by atoms with Gasteiger partial charge >= 0.3 is 0 Å². The van der Waals surface area contributed by atoms with Gasteiger partial charge in [-0.25, -0.2) is 0 Å². The molecule has 0 amide bonds. The molecule has 0 N–H and O–H groups in total. The van der Waals surface area contributed by atoms with Crippen LogP contribution in [0, 0.1) is 23.7 Å². The summed E-state index contributed by atoms with van der Waals surface area (Å²) in [6.07, 6.45) is 7.67. The van der Waals surface area contributed by atoms with Crippen LogP contribution in [0.15, 0.2) is 0 Å². The summed E-state index contributed by atoms with van der Waals surface area (Å²) in [5.41, 5.74) is 0. The number of ketones is 1. The van der Waals surface area contributed by atoms with E-state index in [4.69, 9.17) is 4.74 Å². The molecule has 5 atom stereocenters. The fourth-order valence-electron chi connectivity index (χ4n) is 4.09. The van der Waals surface area contributed by atoms with Gasteiger partial charge < -0.3 is 4.74 Å². The van der Waals surface area contributed by atoms with Crippen molar-refractivity contribution in [2.45, 2.75) is 51.6 Å². The molecule has 2 aliphatic carbocycles. The Labute approximate surface area is 97.7 Å². The fraction of sp³-hybridized carbons (Fsp3) is 0.929. The van der Waals surface area contributed by atoms with Crippen molar-refractivity contribution in [3.63, 3.8) is 0 Å². The Kier molecular flexibility index (Phi) is 2.78. The smallest absolute Gasteiger partial charge is 0.138 e. The average molecular weight is 222 g/mol. The normalized spacial score (nSPS) is 46.4. The molecule has 3 aliphatic rings. The molecule has 2 saturated carbocycles. The Morgan fingerprint density at radius 1 is 1.25 bits per heavy atom. The molecule has 0 radical (unpaired) electrons. The van der Waals surface area contributed by atoms with Gasteiger partial charge in [-0.3, -0.25) is 4.79 Å². The van der Waals surface area contributed by atoms with E-state index in [0.717, 1.165) is 30.6 Å². The number of carbonyl (C=O) groups excluding carboxylic acids is 1. The van der Waals surface area contributed by atoms with E-state index in [9.17, 15) is 4.79 Å². The van der Waals surface area contributed by atoms with Crippen molar-refractivity contribution < 1.29 is 9.53 Å². The van der Waals surface area contributed by atoms with Crippen LogP contribution in [0.1, 0.15) is 45.4 Å². The van der Waals surface area contributed by atoms with E-state index in [2.05, 4.69) is 6.92 Å². The third-order valence-electron chi connectivity index (χ3n) is 5.00. The minimum atomic E-state index is 0.217. The number of fused-ring (bicyclic) bond motifs is 2. The molecule has 16 heavy (non-hydrogen) atoms. The lowest BCUT2D eigenvalue weighted by Crippen LogP contribution is -2.21. The van der Waals surface area contributed by atoms with Crippen LogP contribution < -0.4 is 0 Å². The van der Waals surface area contributed by atoms with Crippen LogP contribution in [-0.4, -0.2) is 18.5 Å². The molecule has 3 rings (SSSR count). The first-order valence-corrected chi connectivity index (χ1v) is 6.86. The van der Waals surface area contributed by atoms with E-state index in [-0.39, 0.29) is 5.92 Å². The lowest BCUT2D eigenvalue weighted by molar-refractivity contribution is -0.124. The van der Waals surface area contributed by atoms with Crippen LogP contribution in [0.5, 0.6) is 0 Å². The van der Waals surface area contributed by atoms with Gasteiger partial charge in [0, 0.05) is 12.3 Å². The second-order valence-corrected chi connectivity index (χ2v) is 6.18. The topological polar surface area (TPSA) is 26.3 Å².